The average Bonchev–Trinajstić information content (AvgIpc) is 3.69. The van der Waals surface area contributed by atoms with E-state index < -0.39 is 56.7 Å². The number of rotatable bonds is 22. The molecule has 0 spiro atoms. The highest BCUT2D eigenvalue weighted by Gasteiger charge is 2.41. The summed E-state index contributed by atoms with van der Waals surface area (Å²) in [7, 11) is -4.26. The number of ether oxygens (including phenoxy) is 4. The summed E-state index contributed by atoms with van der Waals surface area (Å²) in [4.78, 5) is 54.9. The smallest absolute Gasteiger partial charge is 0.459 e. The third-order valence-corrected chi connectivity index (χ3v) is 10.8. The van der Waals surface area contributed by atoms with Gasteiger partial charge in [0, 0.05) is 25.6 Å². The molecule has 0 bridgehead atoms. The lowest BCUT2D eigenvalue weighted by Crippen LogP contribution is -2.31. The van der Waals surface area contributed by atoms with Crippen molar-refractivity contribution < 1.29 is 51.5 Å². The van der Waals surface area contributed by atoms with Crippen LogP contribution in [0.3, 0.4) is 0 Å². The minimum atomic E-state index is -4.26. The molecule has 17 heteroatoms. The van der Waals surface area contributed by atoms with Gasteiger partial charge < -0.3 is 24.3 Å². The molecule has 6 rings (SSSR count). The minimum Gasteiger partial charge on any atom is -0.459 e. The van der Waals surface area contributed by atoms with Gasteiger partial charge in [0.05, 0.1) is 19.8 Å². The van der Waals surface area contributed by atoms with E-state index in [9.17, 15) is 23.7 Å². The largest absolute Gasteiger partial charge is 0.475 e. The molecule has 1 aliphatic heterocycles. The van der Waals surface area contributed by atoms with Gasteiger partial charge in [0.15, 0.2) is 0 Å². The lowest BCUT2D eigenvalue weighted by molar-refractivity contribution is -0.153. The van der Waals surface area contributed by atoms with Gasteiger partial charge in [0.1, 0.15) is 37.5 Å². The van der Waals surface area contributed by atoms with Gasteiger partial charge in [-0.15, -0.1) is 0 Å². The van der Waals surface area contributed by atoms with Crippen LogP contribution in [0, 0.1) is 0 Å². The molecule has 0 radical (unpaired) electrons. The normalized spacial score (nSPS) is 16.0. The maximum absolute atomic E-state index is 14.1. The van der Waals surface area contributed by atoms with E-state index in [0.717, 1.165) is 22.3 Å². The fourth-order valence-electron chi connectivity index (χ4n) is 6.21. The molecule has 4 aromatic carbocycles. The molecule has 1 aromatic heterocycles. The molecule has 2 heterocycles. The summed E-state index contributed by atoms with van der Waals surface area (Å²) in [6.45, 7) is 0.000472. The number of nitrogens with one attached hydrogen (secondary N) is 2. The Kier molecular flexibility index (Phi) is 17.4. The van der Waals surface area contributed by atoms with Crippen molar-refractivity contribution in [3.63, 3.8) is 0 Å². The van der Waals surface area contributed by atoms with E-state index in [2.05, 4.69) is 15.6 Å². The number of phosphoric acid groups is 1. The van der Waals surface area contributed by atoms with Gasteiger partial charge in [-0.3, -0.25) is 28.2 Å². The van der Waals surface area contributed by atoms with Crippen molar-refractivity contribution in [3.05, 3.63) is 166 Å². The van der Waals surface area contributed by atoms with Crippen LogP contribution in [-0.2, 0) is 68.3 Å². The Morgan fingerprint density at radius 1 is 0.677 bits per heavy atom. The number of carbonyl (C=O) groups is 3. The highest BCUT2D eigenvalue weighted by molar-refractivity contribution is 7.48. The Hall–Kier alpha value is -6.16. The van der Waals surface area contributed by atoms with Gasteiger partial charge in [-0.2, -0.15) is 4.98 Å². The lowest BCUT2D eigenvalue weighted by Gasteiger charge is -2.23. The van der Waals surface area contributed by atoms with E-state index in [4.69, 9.17) is 32.5 Å². The van der Waals surface area contributed by atoms with Gasteiger partial charge in [0.25, 0.3) is 0 Å². The standard InChI is InChI=1S/C45H49N4O12P/c50-42(24-14-5-15-26-46-44(52)55-29-34-16-6-1-7-17-34)61-38-28-41(49-27-25-40(47-43(49)51)48-45(53)56-30-35-18-8-2-9-19-35)60-39(38)33-59-62(54,57-31-36-20-10-3-11-21-36)58-32-37-22-12-4-13-23-37/h1-4,6-13,16-23,25,27,38-39,41H,5,14-15,24,26,28-33H2,(H,46,52)(H,47,48,51,53)/t38-,39+,41+/m0/s1. The maximum Gasteiger partial charge on any atom is 0.475 e. The number of esters is 1. The summed E-state index contributed by atoms with van der Waals surface area (Å²) in [6.07, 6.45) is -1.11. The Labute approximate surface area is 359 Å². The van der Waals surface area contributed by atoms with Crippen LogP contribution in [-0.4, -0.2) is 53.1 Å². The zero-order valence-corrected chi connectivity index (χ0v) is 34.8. The number of hydrogen-bond donors (Lipinski definition) is 2. The first kappa shape index (κ1) is 45.4. The van der Waals surface area contributed by atoms with E-state index in [1.807, 2.05) is 84.9 Å². The molecule has 2 N–H and O–H groups in total. The highest BCUT2D eigenvalue weighted by Crippen LogP contribution is 2.51. The number of nitrogens with zero attached hydrogens (tertiary/aromatic N) is 2. The molecule has 1 aliphatic rings. The van der Waals surface area contributed by atoms with Crippen molar-refractivity contribution in [2.45, 2.75) is 77.0 Å². The summed E-state index contributed by atoms with van der Waals surface area (Å²) in [5, 5.41) is 5.15. The first-order chi connectivity index (χ1) is 30.2. The number of phosphoric ester groups is 1. The number of anilines is 1. The number of carbonyl (C=O) groups excluding carboxylic acids is 3. The molecule has 1 saturated heterocycles. The molecule has 62 heavy (non-hydrogen) atoms. The van der Waals surface area contributed by atoms with Gasteiger partial charge in [-0.25, -0.2) is 18.9 Å². The van der Waals surface area contributed by atoms with Crippen LogP contribution in [0.2, 0.25) is 0 Å². The zero-order valence-electron chi connectivity index (χ0n) is 34.0. The summed E-state index contributed by atoms with van der Waals surface area (Å²) in [5.41, 5.74) is 2.37. The first-order valence-corrected chi connectivity index (χ1v) is 21.7. The van der Waals surface area contributed by atoms with Gasteiger partial charge in [-0.05, 0) is 41.2 Å². The Morgan fingerprint density at radius 2 is 1.21 bits per heavy atom. The van der Waals surface area contributed by atoms with Crippen LogP contribution in [0.25, 0.3) is 0 Å². The second kappa shape index (κ2) is 23.7. The second-order valence-corrected chi connectivity index (χ2v) is 15.8. The molecule has 16 nitrogen and oxygen atoms in total. The molecular formula is C45H49N4O12P. The third-order valence-electron chi connectivity index (χ3n) is 9.45. The molecule has 0 saturated carbocycles. The van der Waals surface area contributed by atoms with E-state index in [1.165, 1.54) is 16.8 Å². The highest BCUT2D eigenvalue weighted by atomic mass is 31.2. The predicted octanol–water partition coefficient (Wildman–Crippen LogP) is 8.24. The van der Waals surface area contributed by atoms with Crippen LogP contribution in [0.1, 0.15) is 60.6 Å². The van der Waals surface area contributed by atoms with E-state index >= 15 is 0 Å². The zero-order chi connectivity index (χ0) is 43.4. The molecule has 3 atom stereocenters. The van der Waals surface area contributed by atoms with Crippen molar-refractivity contribution >= 4 is 31.8 Å². The van der Waals surface area contributed by atoms with Crippen LogP contribution >= 0.6 is 7.82 Å². The number of aromatic nitrogens is 2. The third kappa shape index (κ3) is 15.1. The molecule has 326 valence electrons. The lowest BCUT2D eigenvalue weighted by atomic mass is 10.1. The topological polar surface area (TPSA) is 192 Å². The Bertz CT molecular complexity index is 2220. The Balaban J connectivity index is 1.06. The molecular weight excluding hydrogens is 819 g/mol. The molecule has 0 unspecified atom stereocenters. The average molecular weight is 869 g/mol. The predicted molar refractivity (Wildman–Crippen MR) is 226 cm³/mol. The van der Waals surface area contributed by atoms with Crippen LogP contribution in [0.5, 0.6) is 0 Å². The number of amides is 2. The fourth-order valence-corrected chi connectivity index (χ4v) is 7.37. The van der Waals surface area contributed by atoms with Crippen molar-refractivity contribution in [2.24, 2.45) is 0 Å². The molecule has 2 amide bonds. The van der Waals surface area contributed by atoms with Crippen LogP contribution < -0.4 is 16.3 Å². The van der Waals surface area contributed by atoms with Crippen molar-refractivity contribution in [3.8, 4) is 0 Å². The summed E-state index contributed by atoms with van der Waals surface area (Å²) < 4.78 is 55.3. The summed E-state index contributed by atoms with van der Waals surface area (Å²) in [5.74, 6) is -0.570. The summed E-state index contributed by atoms with van der Waals surface area (Å²) in [6, 6.07) is 38.0. The number of alkyl carbamates (subject to hydrolysis) is 1. The minimum absolute atomic E-state index is 0.0162. The van der Waals surface area contributed by atoms with E-state index in [1.54, 1.807) is 36.4 Å². The summed E-state index contributed by atoms with van der Waals surface area (Å²) >= 11 is 0. The van der Waals surface area contributed by atoms with E-state index in [0.29, 0.717) is 25.8 Å². The monoisotopic (exact) mass is 868 g/mol. The van der Waals surface area contributed by atoms with Crippen molar-refractivity contribution in [1.82, 2.24) is 14.9 Å². The second-order valence-electron chi connectivity index (χ2n) is 14.1. The fraction of sp³-hybridized carbons (Fsp3) is 0.311. The molecule has 5 aromatic rings. The van der Waals surface area contributed by atoms with Crippen molar-refractivity contribution in [1.29, 1.82) is 0 Å². The quantitative estimate of drug-likeness (QED) is 0.0293. The van der Waals surface area contributed by atoms with Gasteiger partial charge in [0.2, 0.25) is 0 Å². The Morgan fingerprint density at radius 3 is 1.76 bits per heavy atom. The number of hydrogen-bond acceptors (Lipinski definition) is 13. The van der Waals surface area contributed by atoms with Crippen LogP contribution in [0.15, 0.2) is 138 Å². The first-order valence-electron chi connectivity index (χ1n) is 20.2. The molecule has 1 fully saturated rings. The van der Waals surface area contributed by atoms with E-state index in [-0.39, 0.29) is 45.1 Å². The number of benzene rings is 4. The van der Waals surface area contributed by atoms with Gasteiger partial charge in [-0.1, -0.05) is 128 Å². The van der Waals surface area contributed by atoms with Crippen molar-refractivity contribution in [2.75, 3.05) is 18.5 Å². The maximum atomic E-state index is 14.1. The SMILES string of the molecule is O=C(CCCCCNC(=O)OCc1ccccc1)O[C@H]1C[C@H](n2ccc(NC(=O)OCc3ccccc3)nc2=O)O[C@@H]1COP(=O)(OCc1ccccc1)OCc1ccccc1. The van der Waals surface area contributed by atoms with Crippen LogP contribution in [0.4, 0.5) is 15.4 Å². The molecule has 0 aliphatic carbocycles. The number of unbranched alkanes of at least 4 members (excludes halogenated alkanes) is 2. The van der Waals surface area contributed by atoms with Gasteiger partial charge >= 0.3 is 31.7 Å².